The summed E-state index contributed by atoms with van der Waals surface area (Å²) in [5, 5.41) is 3.80. The third-order valence-electron chi connectivity index (χ3n) is 4.60. The molecule has 0 saturated carbocycles. The van der Waals surface area contributed by atoms with Gasteiger partial charge in [-0.1, -0.05) is 53.0 Å². The number of terminal acetylenes is 1. The molecule has 1 heterocycles. The lowest BCUT2D eigenvalue weighted by Gasteiger charge is -2.09. The molecule has 4 rings (SSSR count). The first-order valence-corrected chi connectivity index (χ1v) is 12.1. The molecule has 7 nitrogen and oxygen atoms in total. The number of benzene rings is 3. The highest BCUT2D eigenvalue weighted by Gasteiger charge is 2.16. The Kier molecular flexibility index (Phi) is 12.3. The van der Waals surface area contributed by atoms with E-state index in [1.807, 2.05) is 6.07 Å². The Bertz CT molecular complexity index is 1420. The molecule has 1 amide bonds. The Morgan fingerprint density at radius 3 is 2.34 bits per heavy atom. The van der Waals surface area contributed by atoms with Crippen LogP contribution < -0.4 is 11.1 Å². The lowest BCUT2D eigenvalue weighted by molar-refractivity contribution is 0.0954. The number of hydrogen-bond donors (Lipinski definition) is 3. The number of rotatable bonds is 6. The average molecular weight is 574 g/mol. The molecule has 196 valence electrons. The van der Waals surface area contributed by atoms with Gasteiger partial charge in [0.25, 0.3) is 5.91 Å². The molecule has 0 bridgehead atoms. The van der Waals surface area contributed by atoms with Crippen molar-refractivity contribution in [2.24, 2.45) is 15.7 Å². The van der Waals surface area contributed by atoms with Gasteiger partial charge in [0.05, 0.1) is 38.2 Å². The highest BCUT2D eigenvalue weighted by Crippen LogP contribution is 2.30. The van der Waals surface area contributed by atoms with E-state index < -0.39 is 0 Å². The van der Waals surface area contributed by atoms with E-state index in [-0.39, 0.29) is 27.3 Å². The summed E-state index contributed by atoms with van der Waals surface area (Å²) in [4.78, 5) is 28.1. The fraction of sp³-hybridized carbons (Fsp3) is 0.111. The van der Waals surface area contributed by atoms with E-state index in [0.29, 0.717) is 29.5 Å². The molecular weight excluding hydrogens is 550 g/mol. The van der Waals surface area contributed by atoms with Gasteiger partial charge in [-0.05, 0) is 49.4 Å². The van der Waals surface area contributed by atoms with Crippen LogP contribution in [0.2, 0.25) is 15.1 Å². The summed E-state index contributed by atoms with van der Waals surface area (Å²) in [6, 6.07) is 16.4. The van der Waals surface area contributed by atoms with E-state index in [9.17, 15) is 9.18 Å². The van der Waals surface area contributed by atoms with Gasteiger partial charge in [0.2, 0.25) is 0 Å². The first-order valence-electron chi connectivity index (χ1n) is 11.0. The zero-order valence-corrected chi connectivity index (χ0v) is 22.5. The maximum absolute atomic E-state index is 12.5. The van der Waals surface area contributed by atoms with Gasteiger partial charge in [-0.25, -0.2) is 19.4 Å². The number of amidine groups is 1. The minimum Gasteiger partial charge on any atom is -0.387 e. The van der Waals surface area contributed by atoms with Crippen LogP contribution in [0.1, 0.15) is 23.1 Å². The van der Waals surface area contributed by atoms with Crippen LogP contribution in [0.5, 0.6) is 0 Å². The molecule has 4 aromatic rings. The molecule has 0 fully saturated rings. The van der Waals surface area contributed by atoms with Crippen LogP contribution in [-0.4, -0.2) is 34.6 Å². The van der Waals surface area contributed by atoms with Crippen molar-refractivity contribution >= 4 is 69.6 Å². The Hall–Kier alpha value is -3.90. The van der Waals surface area contributed by atoms with Crippen LogP contribution in [0.15, 0.2) is 70.6 Å². The minimum atomic E-state index is -0.384. The second-order valence-electron chi connectivity index (χ2n) is 7.45. The topological polar surface area (TPSA) is 109 Å². The highest BCUT2D eigenvalue weighted by molar-refractivity contribution is 6.40. The molecule has 0 atom stereocenters. The second kappa shape index (κ2) is 15.4. The van der Waals surface area contributed by atoms with Crippen LogP contribution in [0.4, 0.5) is 10.1 Å². The monoisotopic (exact) mass is 572 g/mol. The number of hydrogen-bond acceptors (Lipinski definition) is 3. The minimum absolute atomic E-state index is 0.178. The lowest BCUT2D eigenvalue weighted by Crippen LogP contribution is -2.26. The summed E-state index contributed by atoms with van der Waals surface area (Å²) in [5.41, 5.74) is 7.74. The fourth-order valence-electron chi connectivity index (χ4n) is 2.99. The standard InChI is InChI=1S/C19H17Cl3N6O.C6H5F.C2H2/c1-10(23)25-9-26-12-7-13(21)18(14(22)8-12)19(29)24-5-4-17-27-15-3-2-11(20)6-16(15)28-17;7-6-4-2-1-3-5-6;1-2/h2-3,6-9H,4-5H2,1H3,(H,24,29)(H,27,28)(H2,23,25,26);1-5H;1-2H. The van der Waals surface area contributed by atoms with Crippen molar-refractivity contribution in [1.29, 1.82) is 0 Å². The van der Waals surface area contributed by atoms with E-state index in [0.717, 1.165) is 16.9 Å². The van der Waals surface area contributed by atoms with Crippen molar-refractivity contribution in [3.63, 3.8) is 0 Å². The van der Waals surface area contributed by atoms with E-state index in [1.165, 1.54) is 30.6 Å². The fourth-order valence-corrected chi connectivity index (χ4v) is 3.81. The smallest absolute Gasteiger partial charge is 0.254 e. The number of fused-ring (bicyclic) bond motifs is 1. The number of H-pyrrole nitrogens is 1. The second-order valence-corrected chi connectivity index (χ2v) is 8.70. The van der Waals surface area contributed by atoms with E-state index in [2.05, 4.69) is 38.1 Å². The molecule has 4 N–H and O–H groups in total. The number of carbonyl (C=O) groups excluding carboxylic acids is 1. The molecule has 3 aromatic carbocycles. The van der Waals surface area contributed by atoms with Crippen LogP contribution >= 0.6 is 34.8 Å². The Morgan fingerprint density at radius 2 is 1.76 bits per heavy atom. The lowest BCUT2D eigenvalue weighted by atomic mass is 10.2. The number of halogens is 4. The third-order valence-corrected chi connectivity index (χ3v) is 5.43. The molecule has 0 saturated heterocycles. The average Bonchev–Trinajstić information content (AvgIpc) is 3.27. The van der Waals surface area contributed by atoms with E-state index >= 15 is 0 Å². The van der Waals surface area contributed by atoms with Gasteiger partial charge in [0.15, 0.2) is 0 Å². The number of aliphatic imine (C=N–C) groups is 2. The number of nitrogens with two attached hydrogens (primary N) is 1. The van der Waals surface area contributed by atoms with Gasteiger partial charge in [0.1, 0.15) is 18.0 Å². The molecule has 1 aromatic heterocycles. The normalized spacial score (nSPS) is 10.9. The number of nitrogens with one attached hydrogen (secondary N) is 2. The number of aromatic nitrogens is 2. The number of nitrogens with zero attached hydrogens (tertiary/aromatic N) is 3. The summed E-state index contributed by atoms with van der Waals surface area (Å²) >= 11 is 18.4. The molecule has 0 unspecified atom stereocenters. The SMILES string of the molecule is C#C.CC(N)=NC=Nc1cc(Cl)c(C(=O)NCCc2nc3ccc(Cl)cc3[nH]2)c(Cl)c1.Fc1ccccc1. The maximum Gasteiger partial charge on any atom is 0.254 e. The predicted octanol–water partition coefficient (Wildman–Crippen LogP) is 6.61. The molecule has 0 spiro atoms. The molecule has 0 aliphatic rings. The molecule has 11 heteroatoms. The summed E-state index contributed by atoms with van der Waals surface area (Å²) in [5.74, 6) is 0.544. The van der Waals surface area contributed by atoms with Crippen LogP contribution in [0.25, 0.3) is 11.0 Å². The molecule has 0 aliphatic carbocycles. The van der Waals surface area contributed by atoms with Gasteiger partial charge in [-0.3, -0.25) is 4.79 Å². The summed E-state index contributed by atoms with van der Waals surface area (Å²) in [7, 11) is 0. The molecule has 38 heavy (non-hydrogen) atoms. The largest absolute Gasteiger partial charge is 0.387 e. The van der Waals surface area contributed by atoms with Gasteiger partial charge in [0, 0.05) is 18.0 Å². The van der Waals surface area contributed by atoms with Crippen LogP contribution in [0, 0.1) is 18.7 Å². The highest BCUT2D eigenvalue weighted by atomic mass is 35.5. The summed E-state index contributed by atoms with van der Waals surface area (Å²) < 4.78 is 11.9. The zero-order chi connectivity index (χ0) is 28.1. The van der Waals surface area contributed by atoms with Crippen molar-refractivity contribution in [1.82, 2.24) is 15.3 Å². The summed E-state index contributed by atoms with van der Waals surface area (Å²) in [6.45, 7) is 1.99. The van der Waals surface area contributed by atoms with Gasteiger partial charge >= 0.3 is 0 Å². The Morgan fingerprint density at radius 1 is 1.11 bits per heavy atom. The predicted molar refractivity (Wildman–Crippen MR) is 155 cm³/mol. The van der Waals surface area contributed by atoms with Crippen molar-refractivity contribution in [3.8, 4) is 12.8 Å². The van der Waals surface area contributed by atoms with Gasteiger partial charge in [-0.15, -0.1) is 12.8 Å². The maximum atomic E-state index is 12.5. The number of aromatic amines is 1. The third kappa shape index (κ3) is 9.52. The Labute approximate surface area is 235 Å². The molecular formula is C27H24Cl3FN6O. The zero-order valence-electron chi connectivity index (χ0n) is 20.3. The summed E-state index contributed by atoms with van der Waals surface area (Å²) in [6.07, 6.45) is 9.80. The number of imidazole rings is 1. The van der Waals surface area contributed by atoms with Gasteiger partial charge < -0.3 is 16.0 Å². The van der Waals surface area contributed by atoms with Crippen molar-refractivity contribution in [2.45, 2.75) is 13.3 Å². The van der Waals surface area contributed by atoms with E-state index in [1.54, 1.807) is 37.3 Å². The number of carbonyl (C=O) groups is 1. The van der Waals surface area contributed by atoms with E-state index in [4.69, 9.17) is 40.5 Å². The van der Waals surface area contributed by atoms with Crippen molar-refractivity contribution in [2.75, 3.05) is 6.54 Å². The number of amides is 1. The van der Waals surface area contributed by atoms with Crippen molar-refractivity contribution in [3.05, 3.63) is 92.9 Å². The van der Waals surface area contributed by atoms with Crippen LogP contribution in [-0.2, 0) is 6.42 Å². The molecule has 0 radical (unpaired) electrons. The first kappa shape index (κ1) is 30.3. The Balaban J connectivity index is 0.000000481. The van der Waals surface area contributed by atoms with Gasteiger partial charge in [-0.2, -0.15) is 0 Å². The molecule has 0 aliphatic heterocycles. The first-order chi connectivity index (χ1) is 18.2. The quantitative estimate of drug-likeness (QED) is 0.137. The van der Waals surface area contributed by atoms with Crippen molar-refractivity contribution < 1.29 is 9.18 Å². The van der Waals surface area contributed by atoms with Crippen LogP contribution in [0.3, 0.4) is 0 Å².